The molecule has 3 rings (SSSR count). The molecule has 0 spiro atoms. The smallest absolute Gasteiger partial charge is 0.257 e. The van der Waals surface area contributed by atoms with Crippen molar-refractivity contribution < 1.29 is 9.47 Å². The minimum absolute atomic E-state index is 0.604. The molecule has 1 fully saturated rings. The number of nitrogens with zero attached hydrogens (tertiary/aromatic N) is 2. The van der Waals surface area contributed by atoms with Crippen molar-refractivity contribution in [2.75, 3.05) is 26.3 Å². The van der Waals surface area contributed by atoms with Crippen LogP contribution in [0.1, 0.15) is 25.0 Å². The zero-order valence-electron chi connectivity index (χ0n) is 10.0. The molecule has 0 radical (unpaired) electrons. The van der Waals surface area contributed by atoms with Gasteiger partial charge in [-0.1, -0.05) is 6.42 Å². The molecule has 0 bridgehead atoms. The van der Waals surface area contributed by atoms with Crippen LogP contribution < -0.4 is 9.47 Å². The van der Waals surface area contributed by atoms with Gasteiger partial charge in [-0.3, -0.25) is 4.90 Å². The van der Waals surface area contributed by atoms with Crippen molar-refractivity contribution in [3.8, 4) is 11.6 Å². The average Bonchev–Trinajstić information content (AvgIpc) is 2.40. The third-order valence-corrected chi connectivity index (χ3v) is 3.30. The second-order valence-electron chi connectivity index (χ2n) is 4.64. The minimum Gasteiger partial charge on any atom is -0.484 e. The van der Waals surface area contributed by atoms with E-state index in [4.69, 9.17) is 9.47 Å². The first-order chi connectivity index (χ1) is 8.42. The standard InChI is InChI=1S/C13H18N2O2/c1-2-6-15(7-3-1)10-11-4-5-12-13(14-11)17-9-8-16-12/h4-5H,1-3,6-10H2. The molecule has 4 nitrogen and oxygen atoms in total. The van der Waals surface area contributed by atoms with E-state index in [0.717, 1.165) is 18.0 Å². The van der Waals surface area contributed by atoms with E-state index >= 15 is 0 Å². The molecule has 17 heavy (non-hydrogen) atoms. The highest BCUT2D eigenvalue weighted by Crippen LogP contribution is 2.28. The molecule has 2 aliphatic heterocycles. The maximum absolute atomic E-state index is 5.50. The Bertz CT molecular complexity index is 389. The van der Waals surface area contributed by atoms with Crippen molar-refractivity contribution in [3.05, 3.63) is 17.8 Å². The molecule has 0 aliphatic carbocycles. The minimum atomic E-state index is 0.604. The number of fused-ring (bicyclic) bond motifs is 1. The highest BCUT2D eigenvalue weighted by molar-refractivity contribution is 5.35. The summed E-state index contributed by atoms with van der Waals surface area (Å²) < 4.78 is 11.0. The number of pyridine rings is 1. The summed E-state index contributed by atoms with van der Waals surface area (Å²) in [6, 6.07) is 4.02. The Morgan fingerprint density at radius 3 is 2.76 bits per heavy atom. The van der Waals surface area contributed by atoms with Gasteiger partial charge >= 0.3 is 0 Å². The molecular weight excluding hydrogens is 216 g/mol. The van der Waals surface area contributed by atoms with Crippen LogP contribution in [0.25, 0.3) is 0 Å². The van der Waals surface area contributed by atoms with Crippen molar-refractivity contribution in [1.29, 1.82) is 0 Å². The lowest BCUT2D eigenvalue weighted by Crippen LogP contribution is -2.29. The molecule has 0 saturated carbocycles. The van der Waals surface area contributed by atoms with Gasteiger partial charge < -0.3 is 9.47 Å². The van der Waals surface area contributed by atoms with Crippen LogP contribution in [-0.4, -0.2) is 36.2 Å². The van der Waals surface area contributed by atoms with E-state index < -0.39 is 0 Å². The summed E-state index contributed by atoms with van der Waals surface area (Å²) in [5, 5.41) is 0. The fraction of sp³-hybridized carbons (Fsp3) is 0.615. The Labute approximate surface area is 102 Å². The van der Waals surface area contributed by atoms with Gasteiger partial charge in [0, 0.05) is 6.54 Å². The van der Waals surface area contributed by atoms with Crippen molar-refractivity contribution in [2.24, 2.45) is 0 Å². The van der Waals surface area contributed by atoms with Gasteiger partial charge in [0.2, 0.25) is 0 Å². The number of likely N-dealkylation sites (tertiary alicyclic amines) is 1. The molecule has 1 aromatic rings. The van der Waals surface area contributed by atoms with E-state index in [2.05, 4.69) is 9.88 Å². The van der Waals surface area contributed by atoms with Gasteiger partial charge in [0.05, 0.1) is 5.69 Å². The second-order valence-corrected chi connectivity index (χ2v) is 4.64. The van der Waals surface area contributed by atoms with Crippen molar-refractivity contribution in [1.82, 2.24) is 9.88 Å². The lowest BCUT2D eigenvalue weighted by Gasteiger charge is -2.26. The number of hydrogen-bond acceptors (Lipinski definition) is 4. The number of ether oxygens (including phenoxy) is 2. The summed E-state index contributed by atoms with van der Waals surface area (Å²) in [5.41, 5.74) is 1.08. The van der Waals surface area contributed by atoms with Crippen molar-refractivity contribution in [3.63, 3.8) is 0 Å². The Morgan fingerprint density at radius 2 is 1.88 bits per heavy atom. The molecule has 2 aliphatic rings. The Kier molecular flexibility index (Phi) is 3.14. The van der Waals surface area contributed by atoms with Gasteiger partial charge in [0.1, 0.15) is 13.2 Å². The molecule has 0 unspecified atom stereocenters. The van der Waals surface area contributed by atoms with E-state index in [1.54, 1.807) is 0 Å². The van der Waals surface area contributed by atoms with Gasteiger partial charge in [-0.15, -0.1) is 0 Å². The fourth-order valence-electron chi connectivity index (χ4n) is 2.40. The van der Waals surface area contributed by atoms with E-state index in [1.807, 2.05) is 12.1 Å². The van der Waals surface area contributed by atoms with Crippen LogP contribution in [0.4, 0.5) is 0 Å². The van der Waals surface area contributed by atoms with E-state index in [1.165, 1.54) is 32.4 Å². The Balaban J connectivity index is 1.70. The maximum atomic E-state index is 5.50. The number of hydrogen-bond donors (Lipinski definition) is 0. The van der Waals surface area contributed by atoms with E-state index in [0.29, 0.717) is 19.1 Å². The van der Waals surface area contributed by atoms with Crippen molar-refractivity contribution in [2.45, 2.75) is 25.8 Å². The molecule has 0 amide bonds. The monoisotopic (exact) mass is 234 g/mol. The zero-order chi connectivity index (χ0) is 11.5. The lowest BCUT2D eigenvalue weighted by atomic mass is 10.1. The van der Waals surface area contributed by atoms with Crippen LogP contribution >= 0.6 is 0 Å². The van der Waals surface area contributed by atoms with Gasteiger partial charge in [-0.25, -0.2) is 4.98 Å². The summed E-state index contributed by atoms with van der Waals surface area (Å²) >= 11 is 0. The SMILES string of the molecule is c1cc2c(nc1CN1CCCCC1)OCCO2. The highest BCUT2D eigenvalue weighted by atomic mass is 16.6. The van der Waals surface area contributed by atoms with Crippen LogP contribution in [-0.2, 0) is 6.54 Å². The summed E-state index contributed by atoms with van der Waals surface area (Å²) in [6.07, 6.45) is 3.99. The zero-order valence-corrected chi connectivity index (χ0v) is 10.0. The predicted molar refractivity (Wildman–Crippen MR) is 64.4 cm³/mol. The first-order valence-electron chi connectivity index (χ1n) is 6.40. The predicted octanol–water partition coefficient (Wildman–Crippen LogP) is 1.84. The Morgan fingerprint density at radius 1 is 1.06 bits per heavy atom. The second kappa shape index (κ2) is 4.92. The number of aromatic nitrogens is 1. The highest BCUT2D eigenvalue weighted by Gasteiger charge is 2.15. The lowest BCUT2D eigenvalue weighted by molar-refractivity contribution is 0.162. The van der Waals surface area contributed by atoms with Crippen LogP contribution in [0.5, 0.6) is 11.6 Å². The number of piperidine rings is 1. The summed E-state index contributed by atoms with van der Waals surface area (Å²) in [4.78, 5) is 6.98. The fourth-order valence-corrected chi connectivity index (χ4v) is 2.40. The van der Waals surface area contributed by atoms with Gasteiger partial charge in [-0.2, -0.15) is 0 Å². The summed E-state index contributed by atoms with van der Waals surface area (Å²) in [6.45, 7) is 4.54. The molecule has 0 N–H and O–H groups in total. The van der Waals surface area contributed by atoms with Crippen LogP contribution in [0.3, 0.4) is 0 Å². The first kappa shape index (κ1) is 10.8. The van der Waals surface area contributed by atoms with E-state index in [9.17, 15) is 0 Å². The van der Waals surface area contributed by atoms with E-state index in [-0.39, 0.29) is 0 Å². The van der Waals surface area contributed by atoms with Crippen LogP contribution in [0.2, 0.25) is 0 Å². The molecule has 3 heterocycles. The molecule has 1 aromatic heterocycles. The molecule has 0 atom stereocenters. The summed E-state index contributed by atoms with van der Waals surface area (Å²) in [5.74, 6) is 1.43. The maximum Gasteiger partial charge on any atom is 0.257 e. The third-order valence-electron chi connectivity index (χ3n) is 3.30. The largest absolute Gasteiger partial charge is 0.484 e. The van der Waals surface area contributed by atoms with Gasteiger partial charge in [0.15, 0.2) is 5.75 Å². The van der Waals surface area contributed by atoms with Crippen LogP contribution in [0.15, 0.2) is 12.1 Å². The van der Waals surface area contributed by atoms with Crippen molar-refractivity contribution >= 4 is 0 Å². The molecule has 1 saturated heterocycles. The average molecular weight is 234 g/mol. The number of rotatable bonds is 2. The summed E-state index contributed by atoms with van der Waals surface area (Å²) in [7, 11) is 0. The van der Waals surface area contributed by atoms with Gasteiger partial charge in [0.25, 0.3) is 5.88 Å². The molecule has 0 aromatic carbocycles. The normalized spacial score (nSPS) is 20.2. The molecule has 4 heteroatoms. The van der Waals surface area contributed by atoms with Gasteiger partial charge in [-0.05, 0) is 38.1 Å². The molecule has 92 valence electrons. The quantitative estimate of drug-likeness (QED) is 0.782. The first-order valence-corrected chi connectivity index (χ1v) is 6.40. The Hall–Kier alpha value is -1.29. The molecular formula is C13H18N2O2. The third kappa shape index (κ3) is 2.52. The van der Waals surface area contributed by atoms with Crippen LogP contribution in [0, 0.1) is 0 Å². The topological polar surface area (TPSA) is 34.6 Å².